The molecule has 2 aromatic carbocycles. The summed E-state index contributed by atoms with van der Waals surface area (Å²) in [5.74, 6) is 0.688. The maximum absolute atomic E-state index is 11.5. The van der Waals surface area contributed by atoms with Gasteiger partial charge in [0, 0.05) is 17.5 Å². The molecule has 0 bridgehead atoms. The summed E-state index contributed by atoms with van der Waals surface area (Å²) in [6.07, 6.45) is -0.0693. The van der Waals surface area contributed by atoms with Crippen molar-refractivity contribution in [3.05, 3.63) is 76.1 Å². The molecule has 1 atom stereocenters. The Bertz CT molecular complexity index is 819. The molecule has 21 heavy (non-hydrogen) atoms. The number of ether oxygens (including phenoxy) is 1. The third kappa shape index (κ3) is 2.82. The molecule has 3 aromatic rings. The van der Waals surface area contributed by atoms with E-state index in [2.05, 4.69) is 0 Å². The molecule has 106 valence electrons. The molecule has 0 N–H and O–H groups in total. The monoisotopic (exact) mass is 280 g/mol. The molecule has 3 nitrogen and oxygen atoms in total. The van der Waals surface area contributed by atoms with E-state index in [0.29, 0.717) is 11.3 Å². The number of hydrogen-bond donors (Lipinski definition) is 0. The Morgan fingerprint density at radius 3 is 2.57 bits per heavy atom. The summed E-state index contributed by atoms with van der Waals surface area (Å²) < 4.78 is 11.2. The van der Waals surface area contributed by atoms with Gasteiger partial charge in [-0.05, 0) is 37.1 Å². The van der Waals surface area contributed by atoms with Crippen molar-refractivity contribution < 1.29 is 9.15 Å². The van der Waals surface area contributed by atoms with Crippen LogP contribution in [0.2, 0.25) is 0 Å². The average molecular weight is 280 g/mol. The summed E-state index contributed by atoms with van der Waals surface area (Å²) in [7, 11) is 0. The Labute approximate surface area is 122 Å². The summed E-state index contributed by atoms with van der Waals surface area (Å²) >= 11 is 0. The Kier molecular flexibility index (Phi) is 3.48. The predicted octanol–water partition coefficient (Wildman–Crippen LogP) is 4.24. The Balaban J connectivity index is 1.93. The number of benzene rings is 2. The van der Waals surface area contributed by atoms with Crippen LogP contribution < -0.4 is 10.4 Å². The number of aryl methyl sites for hydroxylation is 1. The average Bonchev–Trinajstić information content (AvgIpc) is 2.47. The van der Waals surface area contributed by atoms with E-state index in [-0.39, 0.29) is 11.7 Å². The van der Waals surface area contributed by atoms with Gasteiger partial charge in [-0.2, -0.15) is 0 Å². The highest BCUT2D eigenvalue weighted by atomic mass is 16.5. The SMILES string of the molecule is Cc1cc(=O)oc2cc(OC(C)c3ccccc3)ccc12. The summed E-state index contributed by atoms with van der Waals surface area (Å²) in [6.45, 7) is 3.89. The molecule has 1 aromatic heterocycles. The smallest absolute Gasteiger partial charge is 0.336 e. The topological polar surface area (TPSA) is 39.4 Å². The van der Waals surface area contributed by atoms with Gasteiger partial charge < -0.3 is 9.15 Å². The molecule has 0 fully saturated rings. The number of hydrogen-bond acceptors (Lipinski definition) is 3. The fourth-order valence-electron chi connectivity index (χ4n) is 2.37. The minimum atomic E-state index is -0.340. The van der Waals surface area contributed by atoms with E-state index in [1.54, 1.807) is 6.07 Å². The Morgan fingerprint density at radius 1 is 1.05 bits per heavy atom. The van der Waals surface area contributed by atoms with E-state index >= 15 is 0 Å². The molecule has 0 spiro atoms. The van der Waals surface area contributed by atoms with Crippen molar-refractivity contribution in [3.63, 3.8) is 0 Å². The molecule has 0 aliphatic rings. The van der Waals surface area contributed by atoms with Crippen molar-refractivity contribution in [2.24, 2.45) is 0 Å². The van der Waals surface area contributed by atoms with E-state index in [1.165, 1.54) is 6.07 Å². The van der Waals surface area contributed by atoms with Gasteiger partial charge in [0.15, 0.2) is 0 Å². The van der Waals surface area contributed by atoms with Crippen LogP contribution >= 0.6 is 0 Å². The maximum atomic E-state index is 11.5. The van der Waals surface area contributed by atoms with Crippen LogP contribution in [-0.4, -0.2) is 0 Å². The molecule has 0 saturated heterocycles. The van der Waals surface area contributed by atoms with E-state index in [0.717, 1.165) is 16.5 Å². The maximum Gasteiger partial charge on any atom is 0.336 e. The lowest BCUT2D eigenvalue weighted by Crippen LogP contribution is -2.03. The van der Waals surface area contributed by atoms with E-state index in [9.17, 15) is 4.79 Å². The Hall–Kier alpha value is -2.55. The quantitative estimate of drug-likeness (QED) is 0.674. The third-order valence-corrected chi connectivity index (χ3v) is 3.50. The molecule has 0 aliphatic heterocycles. The van der Waals surface area contributed by atoms with Gasteiger partial charge in [0.2, 0.25) is 0 Å². The largest absolute Gasteiger partial charge is 0.486 e. The molecule has 1 heterocycles. The van der Waals surface area contributed by atoms with Gasteiger partial charge in [-0.25, -0.2) is 4.79 Å². The molecule has 0 radical (unpaired) electrons. The van der Waals surface area contributed by atoms with Gasteiger partial charge in [0.25, 0.3) is 0 Å². The van der Waals surface area contributed by atoms with Crippen LogP contribution in [0.25, 0.3) is 11.0 Å². The zero-order valence-electron chi connectivity index (χ0n) is 12.0. The minimum absolute atomic E-state index is 0.0693. The first-order valence-corrected chi connectivity index (χ1v) is 6.89. The van der Waals surface area contributed by atoms with Gasteiger partial charge in [0.05, 0.1) is 0 Å². The second-order valence-corrected chi connectivity index (χ2v) is 5.08. The van der Waals surface area contributed by atoms with Crippen molar-refractivity contribution in [2.75, 3.05) is 0 Å². The predicted molar refractivity (Wildman–Crippen MR) is 82.7 cm³/mol. The van der Waals surface area contributed by atoms with Gasteiger partial charge in [0.1, 0.15) is 17.4 Å². The van der Waals surface area contributed by atoms with Crippen LogP contribution in [0.15, 0.2) is 63.8 Å². The molecule has 0 amide bonds. The minimum Gasteiger partial charge on any atom is -0.486 e. The highest BCUT2D eigenvalue weighted by Crippen LogP contribution is 2.26. The molecule has 3 heteroatoms. The second-order valence-electron chi connectivity index (χ2n) is 5.08. The molecule has 1 unspecified atom stereocenters. The first-order chi connectivity index (χ1) is 10.1. The van der Waals surface area contributed by atoms with Crippen LogP contribution in [0.4, 0.5) is 0 Å². The highest BCUT2D eigenvalue weighted by molar-refractivity contribution is 5.81. The lowest BCUT2D eigenvalue weighted by atomic mass is 10.1. The zero-order chi connectivity index (χ0) is 14.8. The van der Waals surface area contributed by atoms with E-state index in [4.69, 9.17) is 9.15 Å². The van der Waals surface area contributed by atoms with Crippen LogP contribution in [-0.2, 0) is 0 Å². The van der Waals surface area contributed by atoms with E-state index < -0.39 is 0 Å². The van der Waals surface area contributed by atoms with Gasteiger partial charge in [-0.3, -0.25) is 0 Å². The second kappa shape index (κ2) is 5.44. The summed E-state index contributed by atoms with van der Waals surface area (Å²) in [6, 6.07) is 17.1. The van der Waals surface area contributed by atoms with Crippen molar-refractivity contribution in [1.82, 2.24) is 0 Å². The summed E-state index contributed by atoms with van der Waals surface area (Å²) in [5, 5.41) is 0.925. The highest BCUT2D eigenvalue weighted by Gasteiger charge is 2.09. The summed E-state index contributed by atoms with van der Waals surface area (Å²) in [5.41, 5.74) is 2.22. The van der Waals surface area contributed by atoms with Crippen LogP contribution in [0, 0.1) is 6.92 Å². The number of rotatable bonds is 3. The lowest BCUT2D eigenvalue weighted by molar-refractivity contribution is 0.227. The fourth-order valence-corrected chi connectivity index (χ4v) is 2.37. The first kappa shape index (κ1) is 13.4. The Morgan fingerprint density at radius 2 is 1.81 bits per heavy atom. The van der Waals surface area contributed by atoms with Gasteiger partial charge >= 0.3 is 5.63 Å². The lowest BCUT2D eigenvalue weighted by Gasteiger charge is -2.15. The zero-order valence-corrected chi connectivity index (χ0v) is 12.0. The van der Waals surface area contributed by atoms with Gasteiger partial charge in [-0.1, -0.05) is 30.3 Å². The third-order valence-electron chi connectivity index (χ3n) is 3.50. The molecule has 0 saturated carbocycles. The molecular weight excluding hydrogens is 264 g/mol. The molecular formula is C18H16O3. The standard InChI is InChI=1S/C18H16O3/c1-12-10-18(19)21-17-11-15(8-9-16(12)17)20-13(2)14-6-4-3-5-7-14/h3-11,13H,1-2H3. The van der Waals surface area contributed by atoms with Crippen molar-refractivity contribution in [3.8, 4) is 5.75 Å². The fraction of sp³-hybridized carbons (Fsp3) is 0.167. The van der Waals surface area contributed by atoms with Crippen molar-refractivity contribution in [2.45, 2.75) is 20.0 Å². The van der Waals surface area contributed by atoms with Gasteiger partial charge in [-0.15, -0.1) is 0 Å². The molecule has 3 rings (SSSR count). The normalized spacial score (nSPS) is 12.3. The van der Waals surface area contributed by atoms with E-state index in [1.807, 2.05) is 56.3 Å². The first-order valence-electron chi connectivity index (χ1n) is 6.89. The van der Waals surface area contributed by atoms with Crippen molar-refractivity contribution in [1.29, 1.82) is 0 Å². The van der Waals surface area contributed by atoms with Crippen molar-refractivity contribution >= 4 is 11.0 Å². The summed E-state index contributed by atoms with van der Waals surface area (Å²) in [4.78, 5) is 11.5. The van der Waals surface area contributed by atoms with Crippen LogP contribution in [0.3, 0.4) is 0 Å². The number of fused-ring (bicyclic) bond motifs is 1. The van der Waals surface area contributed by atoms with Crippen LogP contribution in [0.1, 0.15) is 24.2 Å². The molecule has 0 aliphatic carbocycles. The van der Waals surface area contributed by atoms with Crippen LogP contribution in [0.5, 0.6) is 5.75 Å².